The number of nitrogens with zero attached hydrogens (tertiary/aromatic N) is 1. The molecule has 14 heavy (non-hydrogen) atoms. The van der Waals surface area contributed by atoms with Crippen LogP contribution in [0.3, 0.4) is 0 Å². The molecule has 0 bridgehead atoms. The number of fused-ring (bicyclic) bond motifs is 1. The first-order valence-electron chi connectivity index (χ1n) is 4.59. The summed E-state index contributed by atoms with van der Waals surface area (Å²) in [5.74, 6) is 0. The molecule has 1 aromatic carbocycles. The van der Waals surface area contributed by atoms with Crippen molar-refractivity contribution < 1.29 is 0 Å². The fourth-order valence-corrected chi connectivity index (χ4v) is 1.86. The summed E-state index contributed by atoms with van der Waals surface area (Å²) in [5.41, 5.74) is 2.56. The molecule has 0 amide bonds. The van der Waals surface area contributed by atoms with Crippen molar-refractivity contribution in [3.05, 3.63) is 42.1 Å². The average Bonchev–Trinajstić information content (AvgIpc) is 2.54. The van der Waals surface area contributed by atoms with Crippen LogP contribution in [-0.4, -0.2) is 9.90 Å². The largest absolute Gasteiger partial charge is 0.350 e. The molecule has 0 saturated carbocycles. The molecule has 0 atom stereocenters. The van der Waals surface area contributed by atoms with Gasteiger partial charge in [-0.1, -0.05) is 46.3 Å². The van der Waals surface area contributed by atoms with Gasteiger partial charge in [0, 0.05) is 29.5 Å². The number of halogens is 1. The molecule has 1 aromatic heterocycles. The van der Waals surface area contributed by atoms with Crippen molar-refractivity contribution in [1.82, 2.24) is 4.57 Å². The van der Waals surface area contributed by atoms with E-state index in [-0.39, 0.29) is 0 Å². The van der Waals surface area contributed by atoms with Crippen molar-refractivity contribution in [3.8, 4) is 0 Å². The van der Waals surface area contributed by atoms with Crippen LogP contribution in [0, 0.1) is 0 Å². The molecule has 1 nitrogen and oxygen atoms in total. The molecule has 0 aliphatic rings. The maximum Gasteiger partial charge on any atom is 0.0483 e. The van der Waals surface area contributed by atoms with Crippen LogP contribution in [0.4, 0.5) is 0 Å². The van der Waals surface area contributed by atoms with Crippen molar-refractivity contribution in [2.24, 2.45) is 7.05 Å². The lowest BCUT2D eigenvalue weighted by Gasteiger charge is -1.92. The molecule has 0 unspecified atom stereocenters. The minimum absolute atomic E-state index is 0.899. The number of para-hydroxylation sites is 1. The summed E-state index contributed by atoms with van der Waals surface area (Å²) in [6.07, 6.45) is 6.42. The van der Waals surface area contributed by atoms with Gasteiger partial charge in [-0.05, 0) is 11.6 Å². The normalized spacial score (nSPS) is 11.6. The Bertz CT molecular complexity index is 468. The molecule has 0 fully saturated rings. The van der Waals surface area contributed by atoms with Crippen LogP contribution in [0.15, 0.2) is 36.5 Å². The van der Waals surface area contributed by atoms with Crippen molar-refractivity contribution in [2.75, 3.05) is 5.33 Å². The predicted molar refractivity (Wildman–Crippen MR) is 65.7 cm³/mol. The number of allylic oxidation sites excluding steroid dienone is 1. The highest BCUT2D eigenvalue weighted by Crippen LogP contribution is 2.21. The third-order valence-corrected chi connectivity index (χ3v) is 2.69. The fraction of sp³-hybridized carbons (Fsp3) is 0.167. The Morgan fingerprint density at radius 1 is 1.36 bits per heavy atom. The summed E-state index contributed by atoms with van der Waals surface area (Å²) in [4.78, 5) is 0. The Labute approximate surface area is 92.2 Å². The van der Waals surface area contributed by atoms with Gasteiger partial charge >= 0.3 is 0 Å². The number of benzene rings is 1. The number of aryl methyl sites for hydroxylation is 1. The molecule has 2 heteroatoms. The average molecular weight is 250 g/mol. The van der Waals surface area contributed by atoms with Gasteiger partial charge in [0.2, 0.25) is 0 Å². The zero-order valence-corrected chi connectivity index (χ0v) is 9.66. The molecule has 0 saturated heterocycles. The van der Waals surface area contributed by atoms with Crippen LogP contribution in [0.5, 0.6) is 0 Å². The SMILES string of the molecule is Cn1cc(C=CCBr)c2ccccc21. The molecule has 72 valence electrons. The Morgan fingerprint density at radius 2 is 2.14 bits per heavy atom. The number of rotatable bonds is 2. The Kier molecular flexibility index (Phi) is 2.73. The van der Waals surface area contributed by atoms with E-state index in [1.54, 1.807) is 0 Å². The van der Waals surface area contributed by atoms with E-state index >= 15 is 0 Å². The molecule has 0 N–H and O–H groups in total. The Balaban J connectivity index is 2.61. The smallest absolute Gasteiger partial charge is 0.0483 e. The first kappa shape index (κ1) is 9.53. The number of hydrogen-bond donors (Lipinski definition) is 0. The van der Waals surface area contributed by atoms with E-state index < -0.39 is 0 Å². The third-order valence-electron chi connectivity index (χ3n) is 2.31. The minimum atomic E-state index is 0.899. The zero-order chi connectivity index (χ0) is 9.97. The maximum absolute atomic E-state index is 3.38. The van der Waals surface area contributed by atoms with Crippen LogP contribution in [0.1, 0.15) is 5.56 Å². The van der Waals surface area contributed by atoms with Crippen molar-refractivity contribution in [1.29, 1.82) is 0 Å². The molecule has 0 spiro atoms. The van der Waals surface area contributed by atoms with Crippen LogP contribution in [-0.2, 0) is 7.05 Å². The standard InChI is InChI=1S/C12H12BrN/c1-14-9-10(5-4-8-13)11-6-2-3-7-12(11)14/h2-7,9H,8H2,1H3. The molecule has 2 rings (SSSR count). The third kappa shape index (κ3) is 1.62. The lowest BCUT2D eigenvalue weighted by molar-refractivity contribution is 0.968. The monoisotopic (exact) mass is 249 g/mol. The van der Waals surface area contributed by atoms with Crippen molar-refractivity contribution in [3.63, 3.8) is 0 Å². The first-order valence-corrected chi connectivity index (χ1v) is 5.71. The van der Waals surface area contributed by atoms with Crippen molar-refractivity contribution >= 4 is 32.9 Å². The van der Waals surface area contributed by atoms with E-state index in [0.717, 1.165) is 5.33 Å². The fourth-order valence-electron chi connectivity index (χ4n) is 1.68. The highest BCUT2D eigenvalue weighted by Gasteiger charge is 2.01. The highest BCUT2D eigenvalue weighted by atomic mass is 79.9. The molecular weight excluding hydrogens is 238 g/mol. The Hall–Kier alpha value is -1.02. The van der Waals surface area contributed by atoms with Gasteiger partial charge in [-0.2, -0.15) is 0 Å². The summed E-state index contributed by atoms with van der Waals surface area (Å²) in [6, 6.07) is 8.44. The maximum atomic E-state index is 3.38. The quantitative estimate of drug-likeness (QED) is 0.718. The van der Waals surface area contributed by atoms with Gasteiger partial charge in [0.25, 0.3) is 0 Å². The number of aromatic nitrogens is 1. The first-order chi connectivity index (χ1) is 6.83. The van der Waals surface area contributed by atoms with Crippen LogP contribution < -0.4 is 0 Å². The summed E-state index contributed by atoms with van der Waals surface area (Å²) >= 11 is 3.38. The van der Waals surface area contributed by atoms with Gasteiger partial charge in [-0.15, -0.1) is 0 Å². The molecule has 0 radical (unpaired) electrons. The number of alkyl halides is 1. The second-order valence-electron chi connectivity index (χ2n) is 3.27. The van der Waals surface area contributed by atoms with E-state index in [0.29, 0.717) is 0 Å². The molecule has 0 aliphatic carbocycles. The predicted octanol–water partition coefficient (Wildman–Crippen LogP) is 3.59. The molecule has 2 aromatic rings. The Morgan fingerprint density at radius 3 is 2.93 bits per heavy atom. The summed E-state index contributed by atoms with van der Waals surface area (Å²) in [5, 5.41) is 2.21. The molecule has 1 heterocycles. The second-order valence-corrected chi connectivity index (χ2v) is 3.92. The van der Waals surface area contributed by atoms with E-state index in [2.05, 4.69) is 70.2 Å². The topological polar surface area (TPSA) is 4.93 Å². The van der Waals surface area contributed by atoms with Gasteiger partial charge in [-0.3, -0.25) is 0 Å². The minimum Gasteiger partial charge on any atom is -0.350 e. The lowest BCUT2D eigenvalue weighted by Crippen LogP contribution is -1.81. The van der Waals surface area contributed by atoms with Crippen LogP contribution in [0.25, 0.3) is 17.0 Å². The van der Waals surface area contributed by atoms with Gasteiger partial charge < -0.3 is 4.57 Å². The van der Waals surface area contributed by atoms with Crippen LogP contribution in [0.2, 0.25) is 0 Å². The van der Waals surface area contributed by atoms with Crippen LogP contribution >= 0.6 is 15.9 Å². The van der Waals surface area contributed by atoms with Gasteiger partial charge in [-0.25, -0.2) is 0 Å². The highest BCUT2D eigenvalue weighted by molar-refractivity contribution is 9.09. The molecule has 0 aliphatic heterocycles. The van der Waals surface area contributed by atoms with E-state index in [1.807, 2.05) is 0 Å². The zero-order valence-electron chi connectivity index (χ0n) is 8.07. The summed E-state index contributed by atoms with van der Waals surface area (Å²) in [7, 11) is 2.08. The van der Waals surface area contributed by atoms with Gasteiger partial charge in [0.15, 0.2) is 0 Å². The van der Waals surface area contributed by atoms with E-state index in [4.69, 9.17) is 0 Å². The number of hydrogen-bond acceptors (Lipinski definition) is 0. The second kappa shape index (κ2) is 4.01. The van der Waals surface area contributed by atoms with E-state index in [1.165, 1.54) is 16.5 Å². The van der Waals surface area contributed by atoms with Gasteiger partial charge in [0.05, 0.1) is 0 Å². The summed E-state index contributed by atoms with van der Waals surface area (Å²) in [6.45, 7) is 0. The van der Waals surface area contributed by atoms with E-state index in [9.17, 15) is 0 Å². The summed E-state index contributed by atoms with van der Waals surface area (Å²) < 4.78 is 2.16. The van der Waals surface area contributed by atoms with Gasteiger partial charge in [0.1, 0.15) is 0 Å². The van der Waals surface area contributed by atoms with Crippen molar-refractivity contribution in [2.45, 2.75) is 0 Å². The lowest BCUT2D eigenvalue weighted by atomic mass is 10.2. The molecular formula is C12H12BrN.